The van der Waals surface area contributed by atoms with Crippen molar-refractivity contribution in [3.8, 4) is 17.6 Å². The minimum atomic E-state index is -0.563. The van der Waals surface area contributed by atoms with Gasteiger partial charge >= 0.3 is 0 Å². The molecule has 0 aliphatic heterocycles. The summed E-state index contributed by atoms with van der Waals surface area (Å²) in [4.78, 5) is 11.4. The van der Waals surface area contributed by atoms with Gasteiger partial charge in [-0.1, -0.05) is 12.1 Å². The Morgan fingerprint density at radius 3 is 2.52 bits per heavy atom. The average Bonchev–Trinajstić information content (AvgIpc) is 2.52. The molecule has 0 aromatic heterocycles. The molecule has 21 heavy (non-hydrogen) atoms. The summed E-state index contributed by atoms with van der Waals surface area (Å²) in [7, 11) is 1.53. The molecule has 2 N–H and O–H groups in total. The van der Waals surface area contributed by atoms with E-state index < -0.39 is 5.91 Å². The monoisotopic (exact) mass is 282 g/mol. The third-order valence-electron chi connectivity index (χ3n) is 2.93. The van der Waals surface area contributed by atoms with Gasteiger partial charge in [0.2, 0.25) is 0 Å². The average molecular weight is 282 g/mol. The molecular formula is C16H14N2O3. The van der Waals surface area contributed by atoms with E-state index in [1.54, 1.807) is 42.5 Å². The number of hydrogen-bond donors (Lipinski definition) is 1. The van der Waals surface area contributed by atoms with Crippen LogP contribution in [-0.2, 0) is 6.61 Å². The number of primary amides is 1. The lowest BCUT2D eigenvalue weighted by molar-refractivity contribution is 0.0996. The first-order valence-electron chi connectivity index (χ1n) is 6.23. The number of nitrogens with two attached hydrogens (primary N) is 1. The normalized spacial score (nSPS) is 9.71. The summed E-state index contributed by atoms with van der Waals surface area (Å²) in [6.07, 6.45) is 0. The number of hydrogen-bond acceptors (Lipinski definition) is 4. The Morgan fingerprint density at radius 1 is 1.24 bits per heavy atom. The van der Waals surface area contributed by atoms with E-state index in [-0.39, 0.29) is 6.61 Å². The Balaban J connectivity index is 2.17. The number of amides is 1. The highest BCUT2D eigenvalue weighted by Gasteiger charge is 2.11. The molecular weight excluding hydrogens is 268 g/mol. The molecule has 2 rings (SSSR count). The lowest BCUT2D eigenvalue weighted by atomic mass is 10.1. The first kappa shape index (κ1) is 14.4. The highest BCUT2D eigenvalue weighted by Crippen LogP contribution is 2.25. The van der Waals surface area contributed by atoms with Crippen molar-refractivity contribution >= 4 is 5.91 Å². The van der Waals surface area contributed by atoms with Gasteiger partial charge in [-0.05, 0) is 29.8 Å². The van der Waals surface area contributed by atoms with Gasteiger partial charge < -0.3 is 15.2 Å². The zero-order valence-corrected chi connectivity index (χ0v) is 11.5. The van der Waals surface area contributed by atoms with Gasteiger partial charge in [0, 0.05) is 6.07 Å². The van der Waals surface area contributed by atoms with E-state index in [2.05, 4.69) is 0 Å². The Labute approximate surface area is 122 Å². The molecule has 0 atom stereocenters. The molecule has 0 aliphatic carbocycles. The van der Waals surface area contributed by atoms with E-state index in [1.165, 1.54) is 7.11 Å². The maximum atomic E-state index is 11.4. The second-order valence-electron chi connectivity index (χ2n) is 4.32. The van der Waals surface area contributed by atoms with Gasteiger partial charge in [0.15, 0.2) is 0 Å². The number of benzene rings is 2. The summed E-state index contributed by atoms with van der Waals surface area (Å²) in [6.45, 7) is 0.263. The van der Waals surface area contributed by atoms with E-state index >= 15 is 0 Å². The van der Waals surface area contributed by atoms with Crippen LogP contribution in [0.3, 0.4) is 0 Å². The molecule has 0 unspecified atom stereocenters. The Kier molecular flexibility index (Phi) is 4.42. The van der Waals surface area contributed by atoms with Crippen molar-refractivity contribution in [1.82, 2.24) is 0 Å². The number of rotatable bonds is 5. The number of carbonyl (C=O) groups excluding carboxylic acids is 1. The number of carbonyl (C=O) groups is 1. The zero-order chi connectivity index (χ0) is 15.2. The minimum absolute atomic E-state index is 0.263. The number of methoxy groups -OCH3 is 1. The van der Waals surface area contributed by atoms with E-state index in [9.17, 15) is 4.79 Å². The summed E-state index contributed by atoms with van der Waals surface area (Å²) >= 11 is 0. The fourth-order valence-corrected chi connectivity index (χ4v) is 1.79. The van der Waals surface area contributed by atoms with Crippen molar-refractivity contribution < 1.29 is 14.3 Å². The molecule has 0 heterocycles. The molecule has 2 aromatic rings. The molecule has 0 aliphatic rings. The molecule has 5 heteroatoms. The quantitative estimate of drug-likeness (QED) is 0.911. The van der Waals surface area contributed by atoms with Crippen molar-refractivity contribution in [2.24, 2.45) is 5.73 Å². The Morgan fingerprint density at radius 2 is 1.95 bits per heavy atom. The van der Waals surface area contributed by atoms with Crippen molar-refractivity contribution in [2.75, 3.05) is 7.11 Å². The van der Waals surface area contributed by atoms with Gasteiger partial charge in [-0.2, -0.15) is 5.26 Å². The lowest BCUT2D eigenvalue weighted by Gasteiger charge is -2.11. The van der Waals surface area contributed by atoms with Crippen molar-refractivity contribution in [2.45, 2.75) is 6.61 Å². The lowest BCUT2D eigenvalue weighted by Crippen LogP contribution is -2.13. The molecule has 0 saturated carbocycles. The first-order chi connectivity index (χ1) is 10.1. The zero-order valence-electron chi connectivity index (χ0n) is 11.5. The van der Waals surface area contributed by atoms with Gasteiger partial charge in [0.1, 0.15) is 18.1 Å². The molecule has 0 saturated heterocycles. The highest BCUT2D eigenvalue weighted by atomic mass is 16.5. The van der Waals surface area contributed by atoms with E-state index in [0.717, 1.165) is 5.56 Å². The van der Waals surface area contributed by atoms with Crippen LogP contribution < -0.4 is 15.2 Å². The van der Waals surface area contributed by atoms with Gasteiger partial charge in [0.05, 0.1) is 24.3 Å². The summed E-state index contributed by atoms with van der Waals surface area (Å²) < 4.78 is 10.7. The number of nitrogens with zero attached hydrogens (tertiary/aromatic N) is 1. The first-order valence-corrected chi connectivity index (χ1v) is 6.23. The van der Waals surface area contributed by atoms with Crippen LogP contribution in [0.2, 0.25) is 0 Å². The van der Waals surface area contributed by atoms with Crippen molar-refractivity contribution in [3.63, 3.8) is 0 Å². The van der Waals surface area contributed by atoms with E-state index in [4.69, 9.17) is 20.5 Å². The molecule has 106 valence electrons. The molecule has 1 amide bonds. The Hall–Kier alpha value is -3.00. The highest BCUT2D eigenvalue weighted by molar-refractivity contribution is 5.95. The maximum Gasteiger partial charge on any atom is 0.252 e. The standard InChI is InChI=1S/C16H14N2O3/c1-20-13-6-7-14(16(18)19)15(8-13)21-10-12-4-2-11(9-17)3-5-12/h2-8H,10H2,1H3,(H2,18,19). The van der Waals surface area contributed by atoms with Gasteiger partial charge in [-0.3, -0.25) is 4.79 Å². The van der Waals surface area contributed by atoms with E-state index in [1.807, 2.05) is 6.07 Å². The summed E-state index contributed by atoms with van der Waals surface area (Å²) in [5, 5.41) is 8.75. The molecule has 0 bridgehead atoms. The minimum Gasteiger partial charge on any atom is -0.497 e. The number of ether oxygens (including phenoxy) is 2. The van der Waals surface area contributed by atoms with Gasteiger partial charge in [-0.25, -0.2) is 0 Å². The fraction of sp³-hybridized carbons (Fsp3) is 0.125. The maximum absolute atomic E-state index is 11.4. The number of nitriles is 1. The predicted molar refractivity (Wildman–Crippen MR) is 77.0 cm³/mol. The third-order valence-corrected chi connectivity index (χ3v) is 2.93. The summed E-state index contributed by atoms with van der Waals surface area (Å²) in [5.74, 6) is 0.383. The smallest absolute Gasteiger partial charge is 0.252 e. The topological polar surface area (TPSA) is 85.3 Å². The molecule has 0 fully saturated rings. The molecule has 2 aromatic carbocycles. The van der Waals surface area contributed by atoms with Crippen LogP contribution in [0.15, 0.2) is 42.5 Å². The second-order valence-corrected chi connectivity index (χ2v) is 4.32. The molecule has 5 nitrogen and oxygen atoms in total. The second kappa shape index (κ2) is 6.44. The Bertz CT molecular complexity index is 688. The van der Waals surface area contributed by atoms with E-state index in [0.29, 0.717) is 22.6 Å². The van der Waals surface area contributed by atoms with Crippen LogP contribution >= 0.6 is 0 Å². The van der Waals surface area contributed by atoms with Crippen LogP contribution in [0.1, 0.15) is 21.5 Å². The summed E-state index contributed by atoms with van der Waals surface area (Å²) in [5.41, 5.74) is 7.08. The van der Waals surface area contributed by atoms with Crippen LogP contribution in [0.25, 0.3) is 0 Å². The molecule has 0 radical (unpaired) electrons. The van der Waals surface area contributed by atoms with Gasteiger partial charge in [-0.15, -0.1) is 0 Å². The molecule has 0 spiro atoms. The van der Waals surface area contributed by atoms with Crippen LogP contribution in [0, 0.1) is 11.3 Å². The predicted octanol–water partition coefficient (Wildman–Crippen LogP) is 2.24. The fourth-order valence-electron chi connectivity index (χ4n) is 1.79. The van der Waals surface area contributed by atoms with Crippen LogP contribution in [-0.4, -0.2) is 13.0 Å². The van der Waals surface area contributed by atoms with Crippen LogP contribution in [0.4, 0.5) is 0 Å². The summed E-state index contributed by atoms with van der Waals surface area (Å²) in [6, 6.07) is 13.9. The SMILES string of the molecule is COc1ccc(C(N)=O)c(OCc2ccc(C#N)cc2)c1. The van der Waals surface area contributed by atoms with Gasteiger partial charge in [0.25, 0.3) is 5.91 Å². The van der Waals surface area contributed by atoms with Crippen LogP contribution in [0.5, 0.6) is 11.5 Å². The van der Waals surface area contributed by atoms with Crippen molar-refractivity contribution in [1.29, 1.82) is 5.26 Å². The third kappa shape index (κ3) is 3.51. The van der Waals surface area contributed by atoms with Crippen molar-refractivity contribution in [3.05, 3.63) is 59.2 Å². The largest absolute Gasteiger partial charge is 0.497 e.